The molecule has 0 spiro atoms. The predicted octanol–water partition coefficient (Wildman–Crippen LogP) is 2.57. The normalized spacial score (nSPS) is 12.2. The Hall–Kier alpha value is -1.58. The van der Waals surface area contributed by atoms with E-state index in [1.807, 2.05) is 13.8 Å². The first-order valence-corrected chi connectivity index (χ1v) is 5.90. The van der Waals surface area contributed by atoms with Crippen LogP contribution < -0.4 is 5.32 Å². The summed E-state index contributed by atoms with van der Waals surface area (Å²) in [7, 11) is 0. The molecule has 94 valence electrons. The van der Waals surface area contributed by atoms with Crippen LogP contribution in [0.1, 0.15) is 38.1 Å². The van der Waals surface area contributed by atoms with E-state index in [0.717, 1.165) is 18.5 Å². The largest absolute Gasteiger partial charge is 0.504 e. The second-order valence-corrected chi connectivity index (χ2v) is 4.34. The number of hydrogen-bond donors (Lipinski definition) is 2. The smallest absolute Gasteiger partial charge is 0.160 e. The molecule has 1 heterocycles. The molecule has 4 heteroatoms. The molecule has 1 aromatic rings. The molecule has 4 nitrogen and oxygen atoms in total. The summed E-state index contributed by atoms with van der Waals surface area (Å²) in [6.07, 6.45) is 1.68. The van der Waals surface area contributed by atoms with Crippen LogP contribution in [0.2, 0.25) is 0 Å². The first-order valence-electron chi connectivity index (χ1n) is 5.90. The molecule has 0 saturated heterocycles. The Morgan fingerprint density at radius 3 is 2.71 bits per heavy atom. The molecular formula is C13H20N2O2. The van der Waals surface area contributed by atoms with E-state index < -0.39 is 0 Å². The number of nitrogens with one attached hydrogen (secondary N) is 1. The number of nitrogens with zero attached hydrogens (tertiary/aromatic N) is 1. The maximum atomic E-state index is 11.5. The number of anilines is 1. The lowest BCUT2D eigenvalue weighted by atomic mass is 10.1. The zero-order valence-electron chi connectivity index (χ0n) is 10.9. The van der Waals surface area contributed by atoms with Gasteiger partial charge < -0.3 is 10.4 Å². The average Bonchev–Trinajstić information content (AvgIpc) is 2.24. The minimum atomic E-state index is -0.243. The highest BCUT2D eigenvalue weighted by Gasteiger charge is 2.15. The zero-order chi connectivity index (χ0) is 13.0. The first-order chi connectivity index (χ1) is 7.95. The fraction of sp³-hybridized carbons (Fsp3) is 0.538. The third kappa shape index (κ3) is 3.44. The van der Waals surface area contributed by atoms with E-state index in [1.165, 1.54) is 0 Å². The number of aryl methyl sites for hydroxylation is 2. The second kappa shape index (κ2) is 5.66. The third-order valence-corrected chi connectivity index (χ3v) is 2.69. The predicted molar refractivity (Wildman–Crippen MR) is 68.4 cm³/mol. The lowest BCUT2D eigenvalue weighted by molar-refractivity contribution is -0.117. The Bertz CT molecular complexity index is 416. The van der Waals surface area contributed by atoms with Gasteiger partial charge in [0.05, 0.1) is 17.4 Å². The number of aromatic hydroxyl groups is 1. The van der Waals surface area contributed by atoms with E-state index in [0.29, 0.717) is 11.4 Å². The molecule has 2 N–H and O–H groups in total. The van der Waals surface area contributed by atoms with E-state index in [9.17, 15) is 9.90 Å². The van der Waals surface area contributed by atoms with Gasteiger partial charge in [0.25, 0.3) is 0 Å². The van der Waals surface area contributed by atoms with E-state index in [2.05, 4.69) is 10.3 Å². The quantitative estimate of drug-likeness (QED) is 0.824. The highest BCUT2D eigenvalue weighted by Crippen LogP contribution is 2.27. The second-order valence-electron chi connectivity index (χ2n) is 4.34. The molecule has 0 aliphatic rings. The minimum Gasteiger partial charge on any atom is -0.504 e. The Morgan fingerprint density at radius 2 is 2.18 bits per heavy atom. The number of hydrogen-bond acceptors (Lipinski definition) is 4. The van der Waals surface area contributed by atoms with Gasteiger partial charge in [-0.1, -0.05) is 13.3 Å². The van der Waals surface area contributed by atoms with Crippen molar-refractivity contribution in [1.29, 1.82) is 0 Å². The number of aromatic nitrogens is 1. The summed E-state index contributed by atoms with van der Waals surface area (Å²) in [5, 5.41) is 13.0. The fourth-order valence-corrected chi connectivity index (χ4v) is 1.79. The number of ketones is 1. The SMILES string of the molecule is CCCC(Nc1cc(C)nc(C)c1O)C(C)=O. The third-order valence-electron chi connectivity index (χ3n) is 2.69. The van der Waals surface area contributed by atoms with Crippen molar-refractivity contribution in [3.8, 4) is 5.75 Å². The molecule has 0 bridgehead atoms. The molecule has 17 heavy (non-hydrogen) atoms. The van der Waals surface area contributed by atoms with Gasteiger partial charge in [-0.05, 0) is 33.3 Å². The maximum absolute atomic E-state index is 11.5. The van der Waals surface area contributed by atoms with E-state index in [-0.39, 0.29) is 17.6 Å². The topological polar surface area (TPSA) is 62.2 Å². The summed E-state index contributed by atoms with van der Waals surface area (Å²) in [4.78, 5) is 15.6. The summed E-state index contributed by atoms with van der Waals surface area (Å²) in [6, 6.07) is 1.51. The van der Waals surface area contributed by atoms with Gasteiger partial charge in [-0.3, -0.25) is 9.78 Å². The summed E-state index contributed by atoms with van der Waals surface area (Å²) in [5.41, 5.74) is 1.98. The molecule has 0 radical (unpaired) electrons. The standard InChI is InChI=1S/C13H20N2O2/c1-5-6-11(10(4)16)15-12-7-8(2)14-9(3)13(12)17/h7,11,17H,5-6H2,1-4H3,(H,14,15). The van der Waals surface area contributed by atoms with Crippen molar-refractivity contribution in [3.05, 3.63) is 17.5 Å². The van der Waals surface area contributed by atoms with Gasteiger partial charge >= 0.3 is 0 Å². The summed E-state index contributed by atoms with van der Waals surface area (Å²) in [5.74, 6) is 0.205. The average molecular weight is 236 g/mol. The van der Waals surface area contributed by atoms with Gasteiger partial charge in [-0.2, -0.15) is 0 Å². The molecule has 0 aliphatic heterocycles. The van der Waals surface area contributed by atoms with Crippen LogP contribution in [0.25, 0.3) is 0 Å². The molecule has 0 saturated carbocycles. The molecule has 0 aliphatic carbocycles. The summed E-state index contributed by atoms with van der Waals surface area (Å²) < 4.78 is 0. The van der Waals surface area contributed by atoms with E-state index >= 15 is 0 Å². The molecule has 1 aromatic heterocycles. The van der Waals surface area contributed by atoms with Crippen LogP contribution in [0, 0.1) is 13.8 Å². The number of pyridine rings is 1. The summed E-state index contributed by atoms with van der Waals surface area (Å²) >= 11 is 0. The van der Waals surface area contributed by atoms with Gasteiger partial charge in [-0.25, -0.2) is 0 Å². The maximum Gasteiger partial charge on any atom is 0.160 e. The van der Waals surface area contributed by atoms with Crippen molar-refractivity contribution >= 4 is 11.5 Å². The Kier molecular flexibility index (Phi) is 4.49. The Balaban J connectivity index is 2.96. The van der Waals surface area contributed by atoms with Crippen molar-refractivity contribution in [2.75, 3.05) is 5.32 Å². The molecule has 1 unspecified atom stereocenters. The number of Topliss-reactive ketones (excluding diaryl/α,β-unsaturated/α-hetero) is 1. The van der Waals surface area contributed by atoms with E-state index in [1.54, 1.807) is 19.9 Å². The minimum absolute atomic E-state index is 0.0818. The molecular weight excluding hydrogens is 216 g/mol. The van der Waals surface area contributed by atoms with Gasteiger partial charge in [-0.15, -0.1) is 0 Å². The van der Waals surface area contributed by atoms with Crippen molar-refractivity contribution in [2.24, 2.45) is 0 Å². The van der Waals surface area contributed by atoms with Gasteiger partial charge in [0.15, 0.2) is 11.5 Å². The van der Waals surface area contributed by atoms with Crippen LogP contribution >= 0.6 is 0 Å². The van der Waals surface area contributed by atoms with Crippen LogP contribution in [-0.4, -0.2) is 21.9 Å². The Labute approximate surface area is 102 Å². The monoisotopic (exact) mass is 236 g/mol. The number of rotatable bonds is 5. The molecule has 0 fully saturated rings. The molecule has 0 aromatic carbocycles. The van der Waals surface area contributed by atoms with E-state index in [4.69, 9.17) is 0 Å². The number of carbonyl (C=O) groups is 1. The van der Waals surface area contributed by atoms with Crippen LogP contribution in [0.4, 0.5) is 5.69 Å². The molecule has 1 atom stereocenters. The van der Waals surface area contributed by atoms with Crippen molar-refractivity contribution in [2.45, 2.75) is 46.6 Å². The van der Waals surface area contributed by atoms with Crippen molar-refractivity contribution in [1.82, 2.24) is 4.98 Å². The summed E-state index contributed by atoms with van der Waals surface area (Å²) in [6.45, 7) is 7.20. The van der Waals surface area contributed by atoms with Gasteiger partial charge in [0.1, 0.15) is 0 Å². The Morgan fingerprint density at radius 1 is 1.53 bits per heavy atom. The highest BCUT2D eigenvalue weighted by atomic mass is 16.3. The van der Waals surface area contributed by atoms with Crippen LogP contribution in [0.5, 0.6) is 5.75 Å². The molecule has 1 rings (SSSR count). The fourth-order valence-electron chi connectivity index (χ4n) is 1.79. The van der Waals surface area contributed by atoms with Crippen LogP contribution in [0.15, 0.2) is 6.07 Å². The van der Waals surface area contributed by atoms with Crippen molar-refractivity contribution < 1.29 is 9.90 Å². The van der Waals surface area contributed by atoms with Gasteiger partial charge in [0.2, 0.25) is 0 Å². The first kappa shape index (κ1) is 13.5. The van der Waals surface area contributed by atoms with Crippen LogP contribution in [0.3, 0.4) is 0 Å². The number of carbonyl (C=O) groups excluding carboxylic acids is 1. The van der Waals surface area contributed by atoms with Crippen molar-refractivity contribution in [3.63, 3.8) is 0 Å². The lowest BCUT2D eigenvalue weighted by Crippen LogP contribution is -2.27. The van der Waals surface area contributed by atoms with Gasteiger partial charge in [0, 0.05) is 5.69 Å². The highest BCUT2D eigenvalue weighted by molar-refractivity contribution is 5.84. The molecule has 0 amide bonds. The zero-order valence-corrected chi connectivity index (χ0v) is 10.9. The lowest BCUT2D eigenvalue weighted by Gasteiger charge is -2.18. The van der Waals surface area contributed by atoms with Crippen LogP contribution in [-0.2, 0) is 4.79 Å².